The van der Waals surface area contributed by atoms with E-state index in [2.05, 4.69) is 21.8 Å². The van der Waals surface area contributed by atoms with Crippen LogP contribution in [0.5, 0.6) is 0 Å². The first-order valence-corrected chi connectivity index (χ1v) is 9.20. The van der Waals surface area contributed by atoms with Gasteiger partial charge in [0, 0.05) is 28.4 Å². The van der Waals surface area contributed by atoms with E-state index in [1.54, 1.807) is 12.4 Å². The topological polar surface area (TPSA) is 25.8 Å². The Kier molecular flexibility index (Phi) is 5.07. The number of pyridine rings is 2. The van der Waals surface area contributed by atoms with Crippen molar-refractivity contribution in [3.05, 3.63) is 106 Å². The summed E-state index contributed by atoms with van der Waals surface area (Å²) in [5.74, 6) is 6.36. The van der Waals surface area contributed by atoms with Gasteiger partial charge in [0.25, 0.3) is 0 Å². The van der Waals surface area contributed by atoms with Crippen LogP contribution in [0.25, 0.3) is 11.0 Å². The summed E-state index contributed by atoms with van der Waals surface area (Å²) in [6.07, 6.45) is 3.49. The summed E-state index contributed by atoms with van der Waals surface area (Å²) < 4.78 is 0. The molecular weight excluding hydrogens is 375 g/mol. The summed E-state index contributed by atoms with van der Waals surface area (Å²) in [7, 11) is 0. The molecule has 0 saturated carbocycles. The Bertz CT molecular complexity index is 1170. The molecule has 0 amide bonds. The smallest absolute Gasteiger partial charge is 0.159 e. The molecule has 0 aliphatic rings. The summed E-state index contributed by atoms with van der Waals surface area (Å²) in [4.78, 5) is 8.72. The zero-order valence-corrected chi connectivity index (χ0v) is 15.7. The summed E-state index contributed by atoms with van der Waals surface area (Å²) in [5, 5.41) is 2.26. The Labute approximate surface area is 167 Å². The van der Waals surface area contributed by atoms with Crippen molar-refractivity contribution in [1.29, 1.82) is 0 Å². The number of rotatable bonds is 2. The van der Waals surface area contributed by atoms with Crippen LogP contribution in [0.15, 0.2) is 79.1 Å². The molecule has 130 valence electrons. The third-order valence-corrected chi connectivity index (χ3v) is 4.97. The van der Waals surface area contributed by atoms with Gasteiger partial charge < -0.3 is 0 Å². The molecule has 2 aromatic heterocycles. The molecule has 2 nitrogen and oxygen atoms in total. The van der Waals surface area contributed by atoms with E-state index in [-0.39, 0.29) is 5.92 Å². The summed E-state index contributed by atoms with van der Waals surface area (Å²) in [5.41, 5.74) is 3.43. The lowest BCUT2D eigenvalue weighted by atomic mass is 9.90. The highest BCUT2D eigenvalue weighted by atomic mass is 35.5. The molecular formula is C23H14Cl2N2. The van der Waals surface area contributed by atoms with Crippen LogP contribution in [0.4, 0.5) is 0 Å². The van der Waals surface area contributed by atoms with Gasteiger partial charge in [-0.1, -0.05) is 65.4 Å². The van der Waals surface area contributed by atoms with Gasteiger partial charge in [0.2, 0.25) is 0 Å². The number of aromatic nitrogens is 2. The molecule has 1 atom stereocenters. The zero-order chi connectivity index (χ0) is 18.6. The monoisotopic (exact) mass is 388 g/mol. The SMILES string of the molecule is Clc1ccccc1C#CC(c1ccccc1Cl)c1ccnc2ncccc12. The number of hydrogen-bond donors (Lipinski definition) is 0. The molecule has 0 N–H and O–H groups in total. The van der Waals surface area contributed by atoms with E-state index in [4.69, 9.17) is 23.2 Å². The number of nitrogens with zero attached hydrogens (tertiary/aromatic N) is 2. The van der Waals surface area contributed by atoms with E-state index in [1.807, 2.05) is 66.7 Å². The summed E-state index contributed by atoms with van der Waals surface area (Å²) in [6, 6.07) is 21.2. The summed E-state index contributed by atoms with van der Waals surface area (Å²) >= 11 is 12.8. The molecule has 2 aromatic carbocycles. The fraction of sp³-hybridized carbons (Fsp3) is 0.0435. The van der Waals surface area contributed by atoms with Gasteiger partial charge in [-0.05, 0) is 47.5 Å². The van der Waals surface area contributed by atoms with Crippen LogP contribution in [-0.4, -0.2) is 9.97 Å². The minimum absolute atomic E-state index is 0.232. The van der Waals surface area contributed by atoms with Crippen molar-refractivity contribution in [3.8, 4) is 11.8 Å². The fourth-order valence-electron chi connectivity index (χ4n) is 3.00. The second-order valence-corrected chi connectivity index (χ2v) is 6.79. The van der Waals surface area contributed by atoms with Crippen LogP contribution in [0, 0.1) is 11.8 Å². The Morgan fingerprint density at radius 3 is 2.26 bits per heavy atom. The van der Waals surface area contributed by atoms with Crippen molar-refractivity contribution >= 4 is 34.2 Å². The number of hydrogen-bond acceptors (Lipinski definition) is 2. The van der Waals surface area contributed by atoms with Crippen LogP contribution in [0.3, 0.4) is 0 Å². The van der Waals surface area contributed by atoms with Crippen LogP contribution in [0.1, 0.15) is 22.6 Å². The molecule has 4 heteroatoms. The zero-order valence-electron chi connectivity index (χ0n) is 14.2. The van der Waals surface area contributed by atoms with Crippen molar-refractivity contribution in [2.24, 2.45) is 0 Å². The molecule has 0 aliphatic carbocycles. The largest absolute Gasteiger partial charge is 0.237 e. The number of halogens is 2. The maximum Gasteiger partial charge on any atom is 0.159 e. The van der Waals surface area contributed by atoms with E-state index in [0.717, 1.165) is 22.1 Å². The quantitative estimate of drug-likeness (QED) is 0.386. The molecule has 27 heavy (non-hydrogen) atoms. The third-order valence-electron chi connectivity index (χ3n) is 4.30. The lowest BCUT2D eigenvalue weighted by Gasteiger charge is -2.15. The van der Waals surface area contributed by atoms with Crippen molar-refractivity contribution in [3.63, 3.8) is 0 Å². The predicted molar refractivity (Wildman–Crippen MR) is 111 cm³/mol. The molecule has 0 fully saturated rings. The second kappa shape index (κ2) is 7.80. The first-order chi connectivity index (χ1) is 13.2. The third kappa shape index (κ3) is 3.66. The first kappa shape index (κ1) is 17.5. The van der Waals surface area contributed by atoms with Gasteiger partial charge in [-0.2, -0.15) is 0 Å². The van der Waals surface area contributed by atoms with Gasteiger partial charge in [-0.15, -0.1) is 0 Å². The van der Waals surface area contributed by atoms with Gasteiger partial charge in [0.05, 0.1) is 10.9 Å². The van der Waals surface area contributed by atoms with E-state index in [1.165, 1.54) is 0 Å². The standard InChI is InChI=1S/C23H14Cl2N2/c24-21-9-3-1-6-16(21)11-12-17(19-7-2-4-10-22(19)25)18-13-15-27-23-20(18)8-5-14-26-23/h1-10,13-15,17H. The van der Waals surface area contributed by atoms with Gasteiger partial charge in [-0.25, -0.2) is 9.97 Å². The van der Waals surface area contributed by atoms with Crippen molar-refractivity contribution in [2.75, 3.05) is 0 Å². The number of benzene rings is 2. The van der Waals surface area contributed by atoms with Crippen LogP contribution < -0.4 is 0 Å². The van der Waals surface area contributed by atoms with E-state index in [0.29, 0.717) is 15.7 Å². The minimum atomic E-state index is -0.232. The van der Waals surface area contributed by atoms with E-state index < -0.39 is 0 Å². The highest BCUT2D eigenvalue weighted by Gasteiger charge is 2.18. The Morgan fingerprint density at radius 1 is 0.704 bits per heavy atom. The van der Waals surface area contributed by atoms with E-state index >= 15 is 0 Å². The molecule has 0 bridgehead atoms. The Balaban J connectivity index is 1.92. The Hall–Kier alpha value is -2.86. The maximum absolute atomic E-state index is 6.51. The van der Waals surface area contributed by atoms with Crippen molar-refractivity contribution in [1.82, 2.24) is 9.97 Å². The number of fused-ring (bicyclic) bond motifs is 1. The summed E-state index contributed by atoms with van der Waals surface area (Å²) in [6.45, 7) is 0. The lowest BCUT2D eigenvalue weighted by molar-refractivity contribution is 1.07. The van der Waals surface area contributed by atoms with Gasteiger partial charge in [0.15, 0.2) is 5.65 Å². The highest BCUT2D eigenvalue weighted by Crippen LogP contribution is 2.33. The van der Waals surface area contributed by atoms with Crippen molar-refractivity contribution < 1.29 is 0 Å². The molecule has 4 aromatic rings. The predicted octanol–water partition coefficient (Wildman–Crippen LogP) is 6.12. The second-order valence-electron chi connectivity index (χ2n) is 5.98. The molecule has 0 saturated heterocycles. The van der Waals surface area contributed by atoms with Crippen molar-refractivity contribution in [2.45, 2.75) is 5.92 Å². The molecule has 0 spiro atoms. The normalized spacial score (nSPS) is 11.6. The highest BCUT2D eigenvalue weighted by molar-refractivity contribution is 6.32. The van der Waals surface area contributed by atoms with Gasteiger partial charge in [-0.3, -0.25) is 0 Å². The first-order valence-electron chi connectivity index (χ1n) is 8.44. The van der Waals surface area contributed by atoms with E-state index in [9.17, 15) is 0 Å². The van der Waals surface area contributed by atoms with Crippen LogP contribution >= 0.6 is 23.2 Å². The average molecular weight is 389 g/mol. The molecule has 2 heterocycles. The van der Waals surface area contributed by atoms with Crippen LogP contribution in [-0.2, 0) is 0 Å². The average Bonchev–Trinajstić information content (AvgIpc) is 2.71. The molecule has 0 radical (unpaired) electrons. The van der Waals surface area contributed by atoms with Gasteiger partial charge in [0.1, 0.15) is 0 Å². The molecule has 1 unspecified atom stereocenters. The molecule has 0 aliphatic heterocycles. The minimum Gasteiger partial charge on any atom is -0.237 e. The maximum atomic E-state index is 6.51. The Morgan fingerprint density at radius 2 is 1.44 bits per heavy atom. The lowest BCUT2D eigenvalue weighted by Crippen LogP contribution is -2.02. The van der Waals surface area contributed by atoms with Gasteiger partial charge >= 0.3 is 0 Å². The van der Waals surface area contributed by atoms with Crippen LogP contribution in [0.2, 0.25) is 10.0 Å². The fourth-order valence-corrected chi connectivity index (χ4v) is 3.43. The molecule has 4 rings (SSSR count).